The van der Waals surface area contributed by atoms with E-state index in [1.807, 2.05) is 0 Å². The highest BCUT2D eigenvalue weighted by Crippen LogP contribution is 2.04. The van der Waals surface area contributed by atoms with Crippen LogP contribution in [0.2, 0.25) is 0 Å². The molecule has 0 radical (unpaired) electrons. The number of rotatable bonds is 4. The summed E-state index contributed by atoms with van der Waals surface area (Å²) in [6, 6.07) is 6.89. The van der Waals surface area contributed by atoms with Gasteiger partial charge in [0, 0.05) is 5.56 Å². The Bertz CT molecular complexity index is 589. The Balaban J connectivity index is 2.04. The molecule has 0 aliphatic carbocycles. The van der Waals surface area contributed by atoms with Crippen molar-refractivity contribution in [1.82, 2.24) is 15.0 Å². The Labute approximate surface area is 108 Å². The van der Waals surface area contributed by atoms with E-state index in [1.54, 1.807) is 30.5 Å². The Hall–Kier alpha value is -3.03. The number of aldehydes is 1. The number of anilines is 3. The summed E-state index contributed by atoms with van der Waals surface area (Å²) < 4.78 is 0. The van der Waals surface area contributed by atoms with E-state index < -0.39 is 0 Å². The summed E-state index contributed by atoms with van der Waals surface area (Å²) in [6.45, 7) is 0. The third-order valence-corrected chi connectivity index (χ3v) is 2.12. The number of carbonyl (C=O) groups excluding carboxylic acids is 1. The van der Waals surface area contributed by atoms with Crippen LogP contribution in [0.25, 0.3) is 0 Å². The van der Waals surface area contributed by atoms with Crippen molar-refractivity contribution in [3.05, 3.63) is 35.4 Å². The van der Waals surface area contributed by atoms with E-state index in [4.69, 9.17) is 11.5 Å². The van der Waals surface area contributed by atoms with Gasteiger partial charge in [0.1, 0.15) is 6.29 Å². The largest absolute Gasteiger partial charge is 0.368 e. The summed E-state index contributed by atoms with van der Waals surface area (Å²) in [5, 5.41) is 3.92. The van der Waals surface area contributed by atoms with Crippen LogP contribution in [0.1, 0.15) is 15.9 Å². The monoisotopic (exact) mass is 257 g/mol. The van der Waals surface area contributed by atoms with E-state index in [0.29, 0.717) is 5.56 Å². The minimum Gasteiger partial charge on any atom is -0.368 e. The predicted molar refractivity (Wildman–Crippen MR) is 71.7 cm³/mol. The topological polar surface area (TPSA) is 132 Å². The lowest BCUT2D eigenvalue weighted by atomic mass is 10.2. The summed E-state index contributed by atoms with van der Waals surface area (Å²) in [6.07, 6.45) is 2.32. The number of nitrogens with one attached hydrogen (secondary N) is 1. The van der Waals surface area contributed by atoms with Crippen molar-refractivity contribution < 1.29 is 4.79 Å². The number of nitrogens with two attached hydrogens (primary N) is 2. The number of nitrogen functional groups attached to an aromatic ring is 2. The van der Waals surface area contributed by atoms with Gasteiger partial charge in [-0.2, -0.15) is 20.1 Å². The lowest BCUT2D eigenvalue weighted by Gasteiger charge is -2.00. The molecule has 5 N–H and O–H groups in total. The van der Waals surface area contributed by atoms with Gasteiger partial charge in [0.15, 0.2) is 0 Å². The molecule has 0 bridgehead atoms. The van der Waals surface area contributed by atoms with Gasteiger partial charge in [-0.3, -0.25) is 4.79 Å². The Morgan fingerprint density at radius 1 is 1.00 bits per heavy atom. The molecule has 2 aromatic rings. The van der Waals surface area contributed by atoms with Gasteiger partial charge in [-0.25, -0.2) is 5.43 Å². The maximum absolute atomic E-state index is 10.5. The van der Waals surface area contributed by atoms with Crippen LogP contribution in [0.5, 0.6) is 0 Å². The van der Waals surface area contributed by atoms with Crippen molar-refractivity contribution in [1.29, 1.82) is 0 Å². The van der Waals surface area contributed by atoms with Gasteiger partial charge in [-0.1, -0.05) is 24.3 Å². The summed E-state index contributed by atoms with van der Waals surface area (Å²) in [5.41, 5.74) is 14.8. The van der Waals surface area contributed by atoms with E-state index in [9.17, 15) is 4.79 Å². The molecule has 2 rings (SSSR count). The van der Waals surface area contributed by atoms with Gasteiger partial charge in [-0.15, -0.1) is 0 Å². The zero-order valence-corrected chi connectivity index (χ0v) is 9.82. The van der Waals surface area contributed by atoms with Crippen LogP contribution in [-0.4, -0.2) is 27.5 Å². The first-order valence-electron chi connectivity index (χ1n) is 5.29. The van der Waals surface area contributed by atoms with E-state index in [-0.39, 0.29) is 17.8 Å². The van der Waals surface area contributed by atoms with Crippen LogP contribution in [0, 0.1) is 0 Å². The highest BCUT2D eigenvalue weighted by Gasteiger charge is 1.99. The molecular formula is C11H11N7O. The number of hydrogen-bond donors (Lipinski definition) is 3. The number of benzene rings is 1. The van der Waals surface area contributed by atoms with Crippen LogP contribution in [0.3, 0.4) is 0 Å². The number of hydrazone groups is 1. The fourth-order valence-electron chi connectivity index (χ4n) is 1.28. The molecule has 1 heterocycles. The first-order valence-corrected chi connectivity index (χ1v) is 5.29. The lowest BCUT2D eigenvalue weighted by molar-refractivity contribution is 0.112. The van der Waals surface area contributed by atoms with Crippen molar-refractivity contribution in [2.24, 2.45) is 5.10 Å². The van der Waals surface area contributed by atoms with E-state index in [0.717, 1.165) is 11.8 Å². The first kappa shape index (κ1) is 12.4. The fourth-order valence-corrected chi connectivity index (χ4v) is 1.28. The zero-order chi connectivity index (χ0) is 13.7. The van der Waals surface area contributed by atoms with E-state index in [1.165, 1.54) is 0 Å². The van der Waals surface area contributed by atoms with E-state index in [2.05, 4.69) is 25.5 Å². The molecular weight excluding hydrogens is 246 g/mol. The lowest BCUT2D eigenvalue weighted by Crippen LogP contribution is -2.06. The summed E-state index contributed by atoms with van der Waals surface area (Å²) in [4.78, 5) is 21.7. The van der Waals surface area contributed by atoms with Gasteiger partial charge in [-0.05, 0) is 5.56 Å². The second kappa shape index (κ2) is 5.54. The van der Waals surface area contributed by atoms with Crippen LogP contribution in [0.4, 0.5) is 17.8 Å². The maximum Gasteiger partial charge on any atom is 0.250 e. The van der Waals surface area contributed by atoms with Crippen LogP contribution in [0.15, 0.2) is 29.4 Å². The normalized spacial score (nSPS) is 10.5. The molecule has 0 unspecified atom stereocenters. The standard InChI is InChI=1S/C11H11N7O/c12-9-15-10(13)17-11(16-9)18-14-5-7-1-3-8(6-19)4-2-7/h1-6H,(H5,12,13,15,16,17,18)/b14-5+. The minimum absolute atomic E-state index is 0.0144. The quantitative estimate of drug-likeness (QED) is 0.407. The second-order valence-electron chi connectivity index (χ2n) is 3.53. The second-order valence-corrected chi connectivity index (χ2v) is 3.53. The Morgan fingerprint density at radius 2 is 1.58 bits per heavy atom. The van der Waals surface area contributed by atoms with Gasteiger partial charge in [0.05, 0.1) is 6.21 Å². The molecule has 0 spiro atoms. The SMILES string of the molecule is Nc1nc(N)nc(N/N=C/c2ccc(C=O)cc2)n1. The molecule has 0 aliphatic heterocycles. The fraction of sp³-hybridized carbons (Fsp3) is 0. The Kier molecular flexibility index (Phi) is 3.62. The zero-order valence-electron chi connectivity index (χ0n) is 9.82. The molecule has 96 valence electrons. The summed E-state index contributed by atoms with van der Waals surface area (Å²) >= 11 is 0. The summed E-state index contributed by atoms with van der Waals surface area (Å²) in [5.74, 6) is 0.187. The number of nitrogens with zero attached hydrogens (tertiary/aromatic N) is 4. The minimum atomic E-state index is 0.0144. The molecule has 0 atom stereocenters. The van der Waals surface area contributed by atoms with Crippen molar-refractivity contribution in [2.45, 2.75) is 0 Å². The highest BCUT2D eigenvalue weighted by molar-refractivity contribution is 5.82. The van der Waals surface area contributed by atoms with Crippen molar-refractivity contribution in [3.63, 3.8) is 0 Å². The van der Waals surface area contributed by atoms with Crippen molar-refractivity contribution in [2.75, 3.05) is 16.9 Å². The van der Waals surface area contributed by atoms with Crippen molar-refractivity contribution in [3.8, 4) is 0 Å². The number of carbonyl (C=O) groups is 1. The third kappa shape index (κ3) is 3.46. The average Bonchev–Trinajstić information content (AvgIpc) is 2.38. The smallest absolute Gasteiger partial charge is 0.250 e. The molecule has 0 amide bonds. The average molecular weight is 257 g/mol. The van der Waals surface area contributed by atoms with Crippen LogP contribution < -0.4 is 16.9 Å². The molecule has 0 fully saturated rings. The van der Waals surface area contributed by atoms with Crippen LogP contribution >= 0.6 is 0 Å². The molecule has 1 aromatic carbocycles. The molecule has 1 aromatic heterocycles. The highest BCUT2D eigenvalue weighted by atomic mass is 16.1. The number of aromatic nitrogens is 3. The van der Waals surface area contributed by atoms with Gasteiger partial charge < -0.3 is 11.5 Å². The van der Waals surface area contributed by atoms with Crippen molar-refractivity contribution >= 4 is 30.3 Å². The first-order chi connectivity index (χ1) is 9.17. The van der Waals surface area contributed by atoms with Gasteiger partial charge in [0.25, 0.3) is 0 Å². The van der Waals surface area contributed by atoms with Gasteiger partial charge >= 0.3 is 0 Å². The maximum atomic E-state index is 10.5. The molecule has 0 saturated carbocycles. The number of hydrogen-bond acceptors (Lipinski definition) is 8. The molecule has 0 saturated heterocycles. The molecule has 0 aliphatic rings. The van der Waals surface area contributed by atoms with Crippen LogP contribution in [-0.2, 0) is 0 Å². The molecule has 8 heteroatoms. The van der Waals surface area contributed by atoms with Gasteiger partial charge in [0.2, 0.25) is 17.8 Å². The van der Waals surface area contributed by atoms with E-state index >= 15 is 0 Å². The predicted octanol–water partition coefficient (Wildman–Crippen LogP) is 0.294. The Morgan fingerprint density at radius 3 is 2.16 bits per heavy atom. The molecule has 8 nitrogen and oxygen atoms in total. The third-order valence-electron chi connectivity index (χ3n) is 2.12. The summed E-state index contributed by atoms with van der Waals surface area (Å²) in [7, 11) is 0. The molecule has 19 heavy (non-hydrogen) atoms.